The second-order valence-corrected chi connectivity index (χ2v) is 33.5. The minimum absolute atomic E-state index is 0. The molecule has 16 rings (SSSR count). The molecule has 4 aromatic heterocycles. The first kappa shape index (κ1) is 90.7. The van der Waals surface area contributed by atoms with E-state index in [0.29, 0.717) is 59.4 Å². The van der Waals surface area contributed by atoms with Crippen LogP contribution in [-0.2, 0) is 33.4 Å². The largest absolute Gasteiger partial charge is 0.480 e. The number of nitrogen functional groups attached to an aromatic ring is 1. The Morgan fingerprint density at radius 3 is 1.07 bits per heavy atom. The van der Waals surface area contributed by atoms with Crippen LogP contribution in [-0.4, -0.2) is 130 Å². The average Bonchev–Trinajstić information content (AvgIpc) is 1.61. The molecule has 3 aliphatic heterocycles. The van der Waals surface area contributed by atoms with Crippen LogP contribution < -0.4 is 21.7 Å². The van der Waals surface area contributed by atoms with Crippen molar-refractivity contribution < 1.29 is 65.7 Å². The maximum atomic E-state index is 13.5. The fourth-order valence-electron chi connectivity index (χ4n) is 13.9. The number of nitrogens with one attached hydrogen (secondary N) is 3. The highest BCUT2D eigenvalue weighted by atomic mass is 32.1. The molecule has 0 bridgehead atoms. The van der Waals surface area contributed by atoms with Gasteiger partial charge in [-0.2, -0.15) is 54.0 Å². The molecule has 6 N–H and O–H groups in total. The summed E-state index contributed by atoms with van der Waals surface area (Å²) in [5, 5.41) is 26.9. The number of halogens is 4. The minimum atomic E-state index is -0.953. The fourth-order valence-corrected chi connectivity index (χ4v) is 17.8. The normalized spacial score (nSPS) is 16.3. The monoisotopic (exact) mass is 1710 g/mol. The maximum Gasteiger partial charge on any atom is 0.411 e. The standard InChI is InChI=1S/C22H24FN3O3S.C19H18FN3O2S.C18H17FN2OS.C11H7FN2S.C11H19NO4.4H2S/c1-22(2,3)29-21(28)26-11-5-4-6-17(26)19(27)25-20-24-16-10-7-13-12-14(23)8-9-15(13)18(16)30-20;1-11(24)23-9-3-2-4-16(23)18(25)22-19-21-15-8-5-12-10-13(20)6-7-14(12)17(15)26-19;19-13-7-8-14-12(10-13)6-9-15-16(14)23-18(20-15)21-17(22)11-4-2-1-3-5-11;12-7-2-3-8-6(5-7)1-4-9-10(8)15-11(13)14-9;1-11(2,3)16-10(15)12-7-5-4-6-8(12)9(13)14;;;;/h7-10,12,17H,4-6,11H2,1-3H3,(H,24,25,27);5-8,10,16H,2-4,9H2,1H3,(H,21,22,25);6-11H,1-5H2,(H,20,21,22);1-5H,(H2,13,14);8H,4-7H2,1-3H3,(H,13,14);4*1H2/t17-;16-;;;8-;;;;/m00..0..../s1. The molecule has 4 aliphatic rings. The highest BCUT2D eigenvalue weighted by Gasteiger charge is 2.37. The Labute approximate surface area is 700 Å². The van der Waals surface area contributed by atoms with Crippen molar-refractivity contribution in [3.05, 3.63) is 145 Å². The van der Waals surface area contributed by atoms with Crippen molar-refractivity contribution in [2.24, 2.45) is 5.92 Å². The number of likely N-dealkylation sites (tertiary alicyclic amines) is 3. The van der Waals surface area contributed by atoms with E-state index in [0.717, 1.165) is 148 Å². The van der Waals surface area contributed by atoms with Crippen LogP contribution in [0.5, 0.6) is 0 Å². The van der Waals surface area contributed by atoms with Crippen molar-refractivity contribution in [1.29, 1.82) is 0 Å². The number of nitrogens with two attached hydrogens (primary N) is 1. The van der Waals surface area contributed by atoms with E-state index in [1.807, 2.05) is 48.5 Å². The first-order valence-electron chi connectivity index (χ1n) is 36.6. The Hall–Kier alpha value is -8.83. The van der Waals surface area contributed by atoms with Crippen molar-refractivity contribution in [2.45, 2.75) is 168 Å². The quantitative estimate of drug-likeness (QED) is 0.0928. The summed E-state index contributed by atoms with van der Waals surface area (Å²) >= 11 is 5.60. The molecule has 33 heteroatoms. The molecule has 12 aromatic rings. The minimum Gasteiger partial charge on any atom is -0.480 e. The number of piperidine rings is 3. The molecule has 114 heavy (non-hydrogen) atoms. The fraction of sp³-hybridized carbons (Fsp3) is 0.370. The summed E-state index contributed by atoms with van der Waals surface area (Å²) in [6.07, 6.45) is 11.4. The van der Waals surface area contributed by atoms with Gasteiger partial charge in [-0.25, -0.2) is 51.9 Å². The topological polar surface area (TPSA) is 282 Å². The van der Waals surface area contributed by atoms with E-state index in [-0.39, 0.29) is 107 Å². The van der Waals surface area contributed by atoms with E-state index in [9.17, 15) is 51.1 Å². The van der Waals surface area contributed by atoms with Gasteiger partial charge in [0.2, 0.25) is 23.6 Å². The van der Waals surface area contributed by atoms with E-state index in [1.165, 1.54) is 117 Å². The van der Waals surface area contributed by atoms with Crippen molar-refractivity contribution >= 4 is 246 Å². The maximum absolute atomic E-state index is 13.5. The average molecular weight is 1710 g/mol. The summed E-state index contributed by atoms with van der Waals surface area (Å²) < 4.78 is 67.7. The first-order valence-corrected chi connectivity index (χ1v) is 39.9. The van der Waals surface area contributed by atoms with Gasteiger partial charge < -0.3 is 41.2 Å². The summed E-state index contributed by atoms with van der Waals surface area (Å²) in [5.41, 5.74) is 7.65. The van der Waals surface area contributed by atoms with Gasteiger partial charge >= 0.3 is 18.2 Å². The van der Waals surface area contributed by atoms with E-state index in [4.69, 9.17) is 20.3 Å². The number of carboxylic acid groups (broad SMARTS) is 1. The highest BCUT2D eigenvalue weighted by molar-refractivity contribution is 7.59. The molecule has 608 valence electrons. The number of aliphatic carboxylic acids is 1. The van der Waals surface area contributed by atoms with Gasteiger partial charge in [-0.3, -0.25) is 29.0 Å². The number of nitrogens with zero attached hydrogens (tertiary/aromatic N) is 7. The molecule has 8 aromatic carbocycles. The Bertz CT molecular complexity index is 5480. The number of anilines is 4. The smallest absolute Gasteiger partial charge is 0.411 e. The zero-order valence-corrected chi connectivity index (χ0v) is 71.1. The number of carbonyl (C=O) groups is 7. The third kappa shape index (κ3) is 22.6. The van der Waals surface area contributed by atoms with Crippen molar-refractivity contribution in [1.82, 2.24) is 34.6 Å². The Morgan fingerprint density at radius 1 is 0.412 bits per heavy atom. The number of amides is 6. The molecule has 0 spiro atoms. The number of ether oxygens (including phenoxy) is 2. The summed E-state index contributed by atoms with van der Waals surface area (Å²) in [7, 11) is 0. The van der Waals surface area contributed by atoms with E-state index < -0.39 is 47.5 Å². The zero-order valence-electron chi connectivity index (χ0n) is 63.9. The van der Waals surface area contributed by atoms with E-state index in [1.54, 1.807) is 70.7 Å². The molecule has 6 amide bonds. The molecule has 3 atom stereocenters. The van der Waals surface area contributed by atoms with Gasteiger partial charge in [-0.05, 0) is 231 Å². The molecule has 1 saturated carbocycles. The SMILES string of the molecule is CC(=O)N1CCCC[C@H]1C(=O)Nc1nc2ccc3cc(F)ccc3c2s1.CC(C)(C)OC(=O)N1CCCC[C@H]1C(=O)Nc1nc2ccc3cc(F)ccc3c2s1.CC(C)(C)OC(=O)N1CCCC[C@H]1C(=O)O.Nc1nc2ccc3cc(F)ccc3c2s1.O=C(Nc1nc2ccc3cc(F)ccc3c2s1)C1CCCCC1.S.S.S.S. The lowest BCUT2D eigenvalue weighted by Crippen LogP contribution is -2.51. The van der Waals surface area contributed by atoms with E-state index in [2.05, 4.69) is 35.9 Å². The lowest BCUT2D eigenvalue weighted by atomic mass is 9.89. The van der Waals surface area contributed by atoms with Crippen LogP contribution in [0.4, 0.5) is 47.7 Å². The number of hydrogen-bond donors (Lipinski definition) is 5. The van der Waals surface area contributed by atoms with Crippen molar-refractivity contribution in [3.63, 3.8) is 0 Å². The van der Waals surface area contributed by atoms with Crippen LogP contribution in [0.25, 0.3) is 84.0 Å². The predicted octanol–water partition coefficient (Wildman–Crippen LogP) is 19.8. The number of aromatic nitrogens is 4. The van der Waals surface area contributed by atoms with Crippen molar-refractivity contribution in [2.75, 3.05) is 41.3 Å². The molecule has 0 radical (unpaired) electrons. The molecule has 0 unspecified atom stereocenters. The Morgan fingerprint density at radius 2 is 0.719 bits per heavy atom. The highest BCUT2D eigenvalue weighted by Crippen LogP contribution is 2.39. The van der Waals surface area contributed by atoms with Gasteiger partial charge in [0.1, 0.15) is 52.6 Å². The van der Waals surface area contributed by atoms with Crippen LogP contribution >= 0.6 is 99.3 Å². The molecule has 7 heterocycles. The van der Waals surface area contributed by atoms with Gasteiger partial charge in [0.25, 0.3) is 0 Å². The second kappa shape index (κ2) is 39.7. The lowest BCUT2D eigenvalue weighted by molar-refractivity contribution is -0.144. The second-order valence-electron chi connectivity index (χ2n) is 29.5. The van der Waals surface area contributed by atoms with Crippen LogP contribution in [0.3, 0.4) is 0 Å². The molecule has 3 saturated heterocycles. The van der Waals surface area contributed by atoms with Gasteiger partial charge in [-0.15, -0.1) is 0 Å². The Balaban J connectivity index is 0.000000181. The number of rotatable bonds is 7. The number of carbonyl (C=O) groups excluding carboxylic acids is 6. The number of hydrogen-bond acceptors (Lipinski definition) is 18. The molecular formula is C81H93F4N11O10S8. The molecule has 21 nitrogen and oxygen atoms in total. The third-order valence-electron chi connectivity index (χ3n) is 19.1. The summed E-state index contributed by atoms with van der Waals surface area (Å²) in [6.45, 7) is 13.8. The van der Waals surface area contributed by atoms with Gasteiger partial charge in [0.15, 0.2) is 20.5 Å². The Kier molecular flexibility index (Phi) is 31.6. The van der Waals surface area contributed by atoms with Crippen LogP contribution in [0, 0.1) is 29.2 Å². The molecule has 1 aliphatic carbocycles. The van der Waals surface area contributed by atoms with Gasteiger partial charge in [0, 0.05) is 54.0 Å². The first-order chi connectivity index (χ1) is 52.5. The summed E-state index contributed by atoms with van der Waals surface area (Å²) in [6, 6.07) is 31.7. The predicted molar refractivity (Wildman–Crippen MR) is 471 cm³/mol. The molecule has 4 fully saturated rings. The van der Waals surface area contributed by atoms with Crippen LogP contribution in [0.2, 0.25) is 0 Å². The van der Waals surface area contributed by atoms with E-state index >= 15 is 0 Å². The number of thiazole rings is 4. The van der Waals surface area contributed by atoms with Crippen LogP contribution in [0.1, 0.15) is 138 Å². The van der Waals surface area contributed by atoms with Crippen molar-refractivity contribution in [3.8, 4) is 0 Å². The van der Waals surface area contributed by atoms with Crippen LogP contribution in [0.15, 0.2) is 121 Å². The lowest BCUT2D eigenvalue weighted by Gasteiger charge is -2.35. The van der Waals surface area contributed by atoms with Gasteiger partial charge in [0.05, 0.1) is 40.9 Å². The summed E-state index contributed by atoms with van der Waals surface area (Å²) in [4.78, 5) is 107. The number of carboxylic acids is 1. The zero-order chi connectivity index (χ0) is 78.3. The number of fused-ring (bicyclic) bond motifs is 12. The molecular weight excluding hydrogens is 1620 g/mol. The third-order valence-corrected chi connectivity index (χ3v) is 23.1. The summed E-state index contributed by atoms with van der Waals surface area (Å²) in [5.74, 6) is -2.35. The number of benzene rings is 8. The van der Waals surface area contributed by atoms with Gasteiger partial charge in [-0.1, -0.05) is 88.9 Å².